The number of primary amides is 1. The van der Waals surface area contributed by atoms with Gasteiger partial charge in [0.1, 0.15) is 0 Å². The lowest BCUT2D eigenvalue weighted by Gasteiger charge is -2.19. The van der Waals surface area contributed by atoms with Gasteiger partial charge in [-0.05, 0) is 18.9 Å². The Morgan fingerprint density at radius 2 is 1.88 bits per heavy atom. The quantitative estimate of drug-likeness (QED) is 0.601. The molecule has 0 saturated carbocycles. The highest BCUT2D eigenvalue weighted by Crippen LogP contribution is 2.01. The third-order valence-electron chi connectivity index (χ3n) is 2.40. The number of carbonyl (C=O) groups excluding carboxylic acids is 2. The molecule has 1 atom stereocenters. The maximum atomic E-state index is 11.3. The predicted octanol–water partition coefficient (Wildman–Crippen LogP) is -0.0457. The van der Waals surface area contributed by atoms with Crippen LogP contribution in [0, 0.1) is 5.92 Å². The van der Waals surface area contributed by atoms with Crippen molar-refractivity contribution in [2.24, 2.45) is 11.7 Å². The van der Waals surface area contributed by atoms with E-state index in [2.05, 4.69) is 5.32 Å². The number of rotatable bonds is 7. The molecule has 0 bridgehead atoms. The molecule has 5 nitrogen and oxygen atoms in total. The maximum Gasteiger partial charge on any atom is 0.234 e. The molecule has 1 unspecified atom stereocenters. The van der Waals surface area contributed by atoms with Crippen molar-refractivity contribution >= 4 is 11.8 Å². The molecule has 0 aliphatic heterocycles. The Morgan fingerprint density at radius 1 is 1.31 bits per heavy atom. The van der Waals surface area contributed by atoms with Gasteiger partial charge >= 0.3 is 0 Å². The molecule has 16 heavy (non-hydrogen) atoms. The summed E-state index contributed by atoms with van der Waals surface area (Å²) in [5, 5.41) is 3.07. The normalized spacial score (nSPS) is 12.6. The van der Waals surface area contributed by atoms with E-state index in [0.717, 1.165) is 0 Å². The van der Waals surface area contributed by atoms with Crippen molar-refractivity contribution in [1.29, 1.82) is 0 Å². The fraction of sp³-hybridized carbons (Fsp3) is 0.818. The number of nitrogens with zero attached hydrogens (tertiary/aromatic N) is 1. The summed E-state index contributed by atoms with van der Waals surface area (Å²) in [6.07, 6.45) is 1.21. The molecule has 0 heterocycles. The number of nitrogens with two attached hydrogens (primary N) is 1. The van der Waals surface area contributed by atoms with Crippen LogP contribution in [0.15, 0.2) is 0 Å². The van der Waals surface area contributed by atoms with Crippen LogP contribution in [0.2, 0.25) is 0 Å². The summed E-state index contributed by atoms with van der Waals surface area (Å²) in [6.45, 7) is 4.51. The first-order chi connectivity index (χ1) is 7.36. The van der Waals surface area contributed by atoms with Crippen molar-refractivity contribution in [3.8, 4) is 0 Å². The average Bonchev–Trinajstić information content (AvgIpc) is 2.15. The smallest absolute Gasteiger partial charge is 0.234 e. The molecular formula is C11H23N3O2. The van der Waals surface area contributed by atoms with Gasteiger partial charge in [-0.25, -0.2) is 0 Å². The molecular weight excluding hydrogens is 206 g/mol. The van der Waals surface area contributed by atoms with Crippen LogP contribution in [0.5, 0.6) is 0 Å². The summed E-state index contributed by atoms with van der Waals surface area (Å²) < 4.78 is 0. The first kappa shape index (κ1) is 14.9. The molecule has 94 valence electrons. The average molecular weight is 229 g/mol. The molecule has 0 aromatic carbocycles. The van der Waals surface area contributed by atoms with Crippen LogP contribution in [-0.4, -0.2) is 43.4 Å². The van der Waals surface area contributed by atoms with E-state index >= 15 is 0 Å². The summed E-state index contributed by atoms with van der Waals surface area (Å²) in [5.74, 6) is -0.0713. The summed E-state index contributed by atoms with van der Waals surface area (Å²) in [7, 11) is 3.46. The molecule has 0 fully saturated rings. The van der Waals surface area contributed by atoms with Crippen LogP contribution in [0.3, 0.4) is 0 Å². The topological polar surface area (TPSA) is 75.4 Å². The summed E-state index contributed by atoms with van der Waals surface area (Å²) in [5.41, 5.74) is 5.25. The van der Waals surface area contributed by atoms with Crippen molar-refractivity contribution in [3.63, 3.8) is 0 Å². The molecule has 0 spiro atoms. The minimum atomic E-state index is -0.339. The lowest BCUT2D eigenvalue weighted by Crippen LogP contribution is -2.45. The number of nitrogens with one attached hydrogen (secondary N) is 1. The predicted molar refractivity (Wildman–Crippen MR) is 63.8 cm³/mol. The van der Waals surface area contributed by atoms with Gasteiger partial charge in [0.2, 0.25) is 11.8 Å². The summed E-state index contributed by atoms with van der Waals surface area (Å²) in [6, 6.07) is -0.311. The fourth-order valence-corrected chi connectivity index (χ4v) is 1.39. The molecule has 0 aromatic rings. The van der Waals surface area contributed by atoms with E-state index in [9.17, 15) is 9.59 Å². The second-order valence-electron chi connectivity index (χ2n) is 4.47. The Balaban J connectivity index is 3.80. The van der Waals surface area contributed by atoms with Crippen LogP contribution in [0.25, 0.3) is 0 Å². The van der Waals surface area contributed by atoms with Gasteiger partial charge < -0.3 is 16.0 Å². The van der Waals surface area contributed by atoms with E-state index in [4.69, 9.17) is 5.73 Å². The van der Waals surface area contributed by atoms with E-state index in [0.29, 0.717) is 19.4 Å². The molecule has 0 aliphatic carbocycles. The van der Waals surface area contributed by atoms with E-state index in [1.807, 2.05) is 13.8 Å². The molecule has 0 saturated heterocycles. The number of hydrogen-bond acceptors (Lipinski definition) is 3. The standard InChI is InChI=1S/C11H23N3O2/c1-8(2)10(11(12)16)13-7-5-6-9(15)14(3)4/h8,10,13H,5-7H2,1-4H3,(H2,12,16). The minimum Gasteiger partial charge on any atom is -0.368 e. The van der Waals surface area contributed by atoms with Crippen LogP contribution in [0.1, 0.15) is 26.7 Å². The largest absolute Gasteiger partial charge is 0.368 e. The number of carbonyl (C=O) groups is 2. The lowest BCUT2D eigenvalue weighted by atomic mass is 10.0. The van der Waals surface area contributed by atoms with E-state index in [1.165, 1.54) is 0 Å². The van der Waals surface area contributed by atoms with Gasteiger partial charge in [-0.1, -0.05) is 13.8 Å². The second-order valence-corrected chi connectivity index (χ2v) is 4.47. The van der Waals surface area contributed by atoms with Crippen molar-refractivity contribution in [2.45, 2.75) is 32.7 Å². The number of amides is 2. The van der Waals surface area contributed by atoms with Gasteiger partial charge in [-0.15, -0.1) is 0 Å². The first-order valence-corrected chi connectivity index (χ1v) is 5.59. The number of hydrogen-bond donors (Lipinski definition) is 2. The Labute approximate surface area is 97.4 Å². The van der Waals surface area contributed by atoms with Gasteiger partial charge in [0.05, 0.1) is 6.04 Å². The van der Waals surface area contributed by atoms with Crippen LogP contribution in [-0.2, 0) is 9.59 Å². The zero-order valence-corrected chi connectivity index (χ0v) is 10.6. The van der Waals surface area contributed by atoms with Crippen LogP contribution < -0.4 is 11.1 Å². The molecule has 3 N–H and O–H groups in total. The van der Waals surface area contributed by atoms with Gasteiger partial charge in [0, 0.05) is 20.5 Å². The van der Waals surface area contributed by atoms with E-state index in [-0.39, 0.29) is 23.8 Å². The minimum absolute atomic E-state index is 0.0990. The van der Waals surface area contributed by atoms with E-state index < -0.39 is 0 Å². The molecule has 5 heteroatoms. The Kier molecular flexibility index (Phi) is 6.72. The monoisotopic (exact) mass is 229 g/mol. The lowest BCUT2D eigenvalue weighted by molar-refractivity contribution is -0.128. The van der Waals surface area contributed by atoms with Gasteiger partial charge in [-0.3, -0.25) is 9.59 Å². The molecule has 0 radical (unpaired) electrons. The van der Waals surface area contributed by atoms with Gasteiger partial charge in [-0.2, -0.15) is 0 Å². The highest BCUT2D eigenvalue weighted by Gasteiger charge is 2.18. The second kappa shape index (κ2) is 7.22. The van der Waals surface area contributed by atoms with Crippen molar-refractivity contribution in [3.05, 3.63) is 0 Å². The van der Waals surface area contributed by atoms with Gasteiger partial charge in [0.15, 0.2) is 0 Å². The van der Waals surface area contributed by atoms with E-state index in [1.54, 1.807) is 19.0 Å². The summed E-state index contributed by atoms with van der Waals surface area (Å²) in [4.78, 5) is 23.9. The van der Waals surface area contributed by atoms with Gasteiger partial charge in [0.25, 0.3) is 0 Å². The van der Waals surface area contributed by atoms with Crippen molar-refractivity contribution in [1.82, 2.24) is 10.2 Å². The van der Waals surface area contributed by atoms with Crippen molar-refractivity contribution < 1.29 is 9.59 Å². The Hall–Kier alpha value is -1.10. The molecule has 2 amide bonds. The molecule has 0 aromatic heterocycles. The third-order valence-corrected chi connectivity index (χ3v) is 2.40. The Bertz CT molecular complexity index is 239. The summed E-state index contributed by atoms with van der Waals surface area (Å²) >= 11 is 0. The third kappa shape index (κ3) is 5.70. The highest BCUT2D eigenvalue weighted by molar-refractivity contribution is 5.80. The van der Waals surface area contributed by atoms with Crippen LogP contribution in [0.4, 0.5) is 0 Å². The zero-order valence-electron chi connectivity index (χ0n) is 10.6. The maximum absolute atomic E-state index is 11.3. The SMILES string of the molecule is CC(C)C(NCCCC(=O)N(C)C)C(N)=O. The molecule has 0 rings (SSSR count). The Morgan fingerprint density at radius 3 is 2.25 bits per heavy atom. The van der Waals surface area contributed by atoms with Crippen LogP contribution >= 0.6 is 0 Å². The fourth-order valence-electron chi connectivity index (χ4n) is 1.39. The molecule has 0 aliphatic rings. The highest BCUT2D eigenvalue weighted by atomic mass is 16.2. The zero-order chi connectivity index (χ0) is 12.7. The van der Waals surface area contributed by atoms with Crippen molar-refractivity contribution in [2.75, 3.05) is 20.6 Å². The first-order valence-electron chi connectivity index (χ1n) is 5.59.